The van der Waals surface area contributed by atoms with E-state index in [-0.39, 0.29) is 24.0 Å². The average Bonchev–Trinajstić information content (AvgIpc) is 2.38. The fourth-order valence-electron chi connectivity index (χ4n) is 2.04. The van der Waals surface area contributed by atoms with Crippen molar-refractivity contribution in [1.29, 1.82) is 0 Å². The second-order valence-corrected chi connectivity index (χ2v) is 5.70. The highest BCUT2D eigenvalue weighted by Crippen LogP contribution is 2.25. The first-order chi connectivity index (χ1) is 7.86. The van der Waals surface area contributed by atoms with E-state index in [4.69, 9.17) is 10.5 Å². The Bertz CT molecular complexity index is 241. The predicted molar refractivity (Wildman–Crippen MR) is 84.4 cm³/mol. The molecule has 2 fully saturated rings. The van der Waals surface area contributed by atoms with Gasteiger partial charge < -0.3 is 15.4 Å². The molecule has 0 radical (unpaired) electrons. The van der Waals surface area contributed by atoms with Crippen molar-refractivity contribution in [1.82, 2.24) is 4.90 Å². The minimum Gasteiger partial charge on any atom is -0.378 e. The van der Waals surface area contributed by atoms with Gasteiger partial charge in [0.15, 0.2) is 5.96 Å². The van der Waals surface area contributed by atoms with Crippen LogP contribution in [0.3, 0.4) is 0 Å². The van der Waals surface area contributed by atoms with Crippen LogP contribution in [0.2, 0.25) is 0 Å². The summed E-state index contributed by atoms with van der Waals surface area (Å²) in [4.78, 5) is 6.64. The molecule has 2 N–H and O–H groups in total. The summed E-state index contributed by atoms with van der Waals surface area (Å²) in [5.41, 5.74) is 5.98. The summed E-state index contributed by atoms with van der Waals surface area (Å²) < 4.78 is 5.29. The zero-order valence-corrected chi connectivity index (χ0v) is 13.3. The van der Waals surface area contributed by atoms with Crippen LogP contribution >= 0.6 is 35.7 Å². The monoisotopic (exact) mass is 371 g/mol. The van der Waals surface area contributed by atoms with Crippen LogP contribution < -0.4 is 5.73 Å². The van der Waals surface area contributed by atoms with Gasteiger partial charge in [0.1, 0.15) is 0 Å². The predicted octanol–water partition coefficient (Wildman–Crippen LogP) is 1.54. The molecule has 0 aromatic rings. The molecule has 17 heavy (non-hydrogen) atoms. The molecule has 6 heteroatoms. The Morgan fingerprint density at radius 1 is 1.35 bits per heavy atom. The Labute approximate surface area is 125 Å². The third-order valence-electron chi connectivity index (χ3n) is 3.07. The van der Waals surface area contributed by atoms with Crippen LogP contribution in [0.5, 0.6) is 0 Å². The lowest BCUT2D eigenvalue weighted by Gasteiger charge is -2.28. The van der Waals surface area contributed by atoms with E-state index in [0.29, 0.717) is 11.2 Å². The highest BCUT2D eigenvalue weighted by Gasteiger charge is 2.15. The molecule has 2 saturated heterocycles. The smallest absolute Gasteiger partial charge is 0.191 e. The van der Waals surface area contributed by atoms with Gasteiger partial charge in [-0.3, -0.25) is 4.99 Å². The molecule has 2 aliphatic rings. The van der Waals surface area contributed by atoms with Crippen molar-refractivity contribution < 1.29 is 4.74 Å². The van der Waals surface area contributed by atoms with Gasteiger partial charge in [0.2, 0.25) is 0 Å². The maximum atomic E-state index is 5.98. The highest BCUT2D eigenvalue weighted by molar-refractivity contribution is 14.0. The first-order valence-corrected chi connectivity index (χ1v) is 7.15. The molecule has 0 spiro atoms. The van der Waals surface area contributed by atoms with Crippen molar-refractivity contribution in [3.8, 4) is 0 Å². The van der Waals surface area contributed by atoms with E-state index < -0.39 is 0 Å². The normalized spacial score (nSPS) is 26.5. The molecule has 0 saturated carbocycles. The van der Waals surface area contributed by atoms with Crippen molar-refractivity contribution in [3.63, 3.8) is 0 Å². The lowest BCUT2D eigenvalue weighted by atomic mass is 10.2. The van der Waals surface area contributed by atoms with Crippen molar-refractivity contribution >= 4 is 41.7 Å². The van der Waals surface area contributed by atoms with E-state index in [2.05, 4.69) is 9.89 Å². The van der Waals surface area contributed by atoms with E-state index >= 15 is 0 Å². The minimum atomic E-state index is 0. The fourth-order valence-corrected chi connectivity index (χ4v) is 3.26. The molecule has 2 aliphatic heterocycles. The summed E-state index contributed by atoms with van der Waals surface area (Å²) in [5, 5.41) is 0.688. The van der Waals surface area contributed by atoms with Gasteiger partial charge in [-0.1, -0.05) is 6.42 Å². The van der Waals surface area contributed by atoms with E-state index in [0.717, 1.165) is 32.8 Å². The Balaban J connectivity index is 0.00000144. The Morgan fingerprint density at radius 3 is 2.76 bits per heavy atom. The Morgan fingerprint density at radius 2 is 2.12 bits per heavy atom. The lowest BCUT2D eigenvalue weighted by molar-refractivity contribution is 0.0674. The van der Waals surface area contributed by atoms with Gasteiger partial charge in [-0.25, -0.2) is 0 Å². The minimum absolute atomic E-state index is 0. The highest BCUT2D eigenvalue weighted by atomic mass is 127. The first-order valence-electron chi connectivity index (χ1n) is 6.10. The topological polar surface area (TPSA) is 50.8 Å². The summed E-state index contributed by atoms with van der Waals surface area (Å²) in [7, 11) is 0. The van der Waals surface area contributed by atoms with Crippen molar-refractivity contribution in [2.24, 2.45) is 10.7 Å². The summed E-state index contributed by atoms with van der Waals surface area (Å²) in [6.07, 6.45) is 4.01. The maximum Gasteiger partial charge on any atom is 0.191 e. The van der Waals surface area contributed by atoms with Crippen LogP contribution in [0.15, 0.2) is 4.99 Å². The van der Waals surface area contributed by atoms with Gasteiger partial charge in [0.05, 0.1) is 19.8 Å². The van der Waals surface area contributed by atoms with Gasteiger partial charge in [-0.2, -0.15) is 11.8 Å². The number of hydrogen-bond donors (Lipinski definition) is 1. The van der Waals surface area contributed by atoms with Crippen LogP contribution in [0.4, 0.5) is 0 Å². The molecule has 1 atom stereocenters. The third-order valence-corrected chi connectivity index (χ3v) is 4.45. The second kappa shape index (κ2) is 8.42. The van der Waals surface area contributed by atoms with Crippen molar-refractivity contribution in [3.05, 3.63) is 0 Å². The summed E-state index contributed by atoms with van der Waals surface area (Å²) in [6, 6.07) is 0. The number of hydrogen-bond acceptors (Lipinski definition) is 3. The zero-order valence-electron chi connectivity index (χ0n) is 10.1. The van der Waals surface area contributed by atoms with Crippen LogP contribution in [-0.2, 0) is 4.74 Å². The molecule has 2 heterocycles. The van der Waals surface area contributed by atoms with E-state index in [1.807, 2.05) is 11.8 Å². The van der Waals surface area contributed by atoms with Crippen LogP contribution in [0.1, 0.15) is 19.3 Å². The standard InChI is InChI=1S/C11H21N3OS.HI/c12-11(14-4-6-15-7-5-14)13-9-10-3-1-2-8-16-10;/h10H,1-9H2,(H2,12,13);1H. The van der Waals surface area contributed by atoms with Gasteiger partial charge in [-0.15, -0.1) is 24.0 Å². The summed E-state index contributed by atoms with van der Waals surface area (Å²) in [6.45, 7) is 4.19. The number of thioether (sulfide) groups is 1. The molecule has 0 aromatic heterocycles. The molecule has 4 nitrogen and oxygen atoms in total. The summed E-state index contributed by atoms with van der Waals surface area (Å²) >= 11 is 2.05. The maximum absolute atomic E-state index is 5.98. The van der Waals surface area contributed by atoms with Gasteiger partial charge >= 0.3 is 0 Å². The van der Waals surface area contributed by atoms with Crippen LogP contribution in [0.25, 0.3) is 0 Å². The number of nitrogens with zero attached hydrogens (tertiary/aromatic N) is 2. The average molecular weight is 371 g/mol. The Kier molecular flexibility index (Phi) is 7.61. The van der Waals surface area contributed by atoms with Crippen LogP contribution in [0, 0.1) is 0 Å². The molecule has 0 amide bonds. The molecule has 0 bridgehead atoms. The molecule has 0 aliphatic carbocycles. The molecular weight excluding hydrogens is 349 g/mol. The fraction of sp³-hybridized carbons (Fsp3) is 0.909. The summed E-state index contributed by atoms with van der Waals surface area (Å²) in [5.74, 6) is 1.99. The number of ether oxygens (including phenoxy) is 1. The van der Waals surface area contributed by atoms with Crippen LogP contribution in [-0.4, -0.2) is 54.7 Å². The molecule has 1 unspecified atom stereocenters. The number of guanidine groups is 1. The van der Waals surface area contributed by atoms with E-state index in [1.165, 1.54) is 25.0 Å². The second-order valence-electron chi connectivity index (χ2n) is 4.29. The molecule has 100 valence electrons. The first kappa shape index (κ1) is 15.4. The number of rotatable bonds is 2. The third kappa shape index (κ3) is 5.21. The number of halogens is 1. The Hall–Kier alpha value is 0.310. The van der Waals surface area contributed by atoms with E-state index in [1.54, 1.807) is 0 Å². The lowest BCUT2D eigenvalue weighted by Crippen LogP contribution is -2.45. The quantitative estimate of drug-likeness (QED) is 0.455. The number of aliphatic imine (C=N–C) groups is 1. The van der Waals surface area contributed by atoms with Gasteiger partial charge in [0.25, 0.3) is 0 Å². The van der Waals surface area contributed by atoms with E-state index in [9.17, 15) is 0 Å². The zero-order chi connectivity index (χ0) is 11.2. The molecule has 2 rings (SSSR count). The largest absolute Gasteiger partial charge is 0.378 e. The van der Waals surface area contributed by atoms with Gasteiger partial charge in [0, 0.05) is 18.3 Å². The SMILES string of the molecule is I.NC(=NCC1CCCCS1)N1CCOCC1. The number of morpholine rings is 1. The van der Waals surface area contributed by atoms with Gasteiger partial charge in [-0.05, 0) is 18.6 Å². The number of nitrogens with two attached hydrogens (primary N) is 1. The molecular formula is C11H22IN3OS. The van der Waals surface area contributed by atoms with Crippen molar-refractivity contribution in [2.45, 2.75) is 24.5 Å². The molecule has 0 aromatic carbocycles. The van der Waals surface area contributed by atoms with Crippen molar-refractivity contribution in [2.75, 3.05) is 38.6 Å².